The number of para-hydroxylation sites is 2. The molecule has 1 aromatic carbocycles. The third-order valence-corrected chi connectivity index (χ3v) is 5.11. The predicted molar refractivity (Wildman–Crippen MR) is 103 cm³/mol. The van der Waals surface area contributed by atoms with Crippen LogP contribution >= 0.6 is 0 Å². The van der Waals surface area contributed by atoms with E-state index in [0.717, 1.165) is 42.1 Å². The molecule has 7 heteroatoms. The fourth-order valence-electron chi connectivity index (χ4n) is 3.67. The van der Waals surface area contributed by atoms with Crippen molar-refractivity contribution in [3.8, 4) is 6.07 Å². The maximum absolute atomic E-state index is 9.69. The Morgan fingerprint density at radius 2 is 2.11 bits per heavy atom. The van der Waals surface area contributed by atoms with E-state index < -0.39 is 5.54 Å². The first-order chi connectivity index (χ1) is 13.1. The molecule has 27 heavy (non-hydrogen) atoms. The van der Waals surface area contributed by atoms with Gasteiger partial charge in [0.1, 0.15) is 6.07 Å². The molecule has 1 fully saturated rings. The number of fused-ring (bicyclic) bond motifs is 1. The van der Waals surface area contributed by atoms with Gasteiger partial charge in [-0.2, -0.15) is 5.26 Å². The number of imidazole rings is 1. The number of aromatic nitrogens is 3. The molecule has 3 N–H and O–H groups in total. The molecule has 3 heterocycles. The smallest absolute Gasteiger partial charge is 0.206 e. The number of nitriles is 1. The lowest BCUT2D eigenvalue weighted by Gasteiger charge is -2.39. The first-order valence-corrected chi connectivity index (χ1v) is 9.07. The highest BCUT2D eigenvalue weighted by Crippen LogP contribution is 2.28. The average Bonchev–Trinajstić information content (AvgIpc) is 3.07. The van der Waals surface area contributed by atoms with Crippen LogP contribution in [0, 0.1) is 11.3 Å². The molecular formula is C20H22N6O. The van der Waals surface area contributed by atoms with Crippen LogP contribution in [0.3, 0.4) is 0 Å². The molecule has 0 amide bonds. The molecule has 138 valence electrons. The van der Waals surface area contributed by atoms with Crippen LogP contribution in [0.5, 0.6) is 0 Å². The summed E-state index contributed by atoms with van der Waals surface area (Å²) < 4.78 is 2.13. The standard InChI is InChI=1S/C20H22N6O/c21-10-15-6-7-16(23-11-15)12-26-18-5-2-1-4-17(18)24-19(26)25-9-3-8-20(22,13-25)14-27/h1-2,4-7,11,27H,3,8-9,12-14,22H2/t20-/m1/s1. The molecular weight excluding hydrogens is 340 g/mol. The van der Waals surface area contributed by atoms with Gasteiger partial charge >= 0.3 is 0 Å². The summed E-state index contributed by atoms with van der Waals surface area (Å²) in [5, 5.41) is 18.7. The van der Waals surface area contributed by atoms with Gasteiger partial charge in [0.25, 0.3) is 0 Å². The molecule has 7 nitrogen and oxygen atoms in total. The Morgan fingerprint density at radius 3 is 2.85 bits per heavy atom. The van der Waals surface area contributed by atoms with Crippen LogP contribution in [-0.2, 0) is 6.54 Å². The van der Waals surface area contributed by atoms with E-state index in [0.29, 0.717) is 18.7 Å². The lowest BCUT2D eigenvalue weighted by Crippen LogP contribution is -2.57. The third-order valence-electron chi connectivity index (χ3n) is 5.11. The summed E-state index contributed by atoms with van der Waals surface area (Å²) in [4.78, 5) is 11.4. The van der Waals surface area contributed by atoms with Gasteiger partial charge in [0.05, 0.1) is 41.0 Å². The number of nitrogens with two attached hydrogens (primary N) is 1. The molecule has 1 saturated heterocycles. The number of anilines is 1. The van der Waals surface area contributed by atoms with Crippen molar-refractivity contribution < 1.29 is 5.11 Å². The molecule has 0 bridgehead atoms. The zero-order chi connectivity index (χ0) is 18.9. The maximum Gasteiger partial charge on any atom is 0.206 e. The molecule has 0 saturated carbocycles. The average molecular weight is 362 g/mol. The van der Waals surface area contributed by atoms with Crippen LogP contribution < -0.4 is 10.6 Å². The number of nitrogens with zero attached hydrogens (tertiary/aromatic N) is 5. The Hall–Kier alpha value is -2.95. The Kier molecular flexibility index (Phi) is 4.52. The second-order valence-electron chi connectivity index (χ2n) is 7.18. The van der Waals surface area contributed by atoms with Gasteiger partial charge in [0.2, 0.25) is 5.95 Å². The number of piperidine rings is 1. The summed E-state index contributed by atoms with van der Waals surface area (Å²) in [5.41, 5.74) is 9.08. The van der Waals surface area contributed by atoms with Crippen LogP contribution in [-0.4, -0.2) is 44.9 Å². The van der Waals surface area contributed by atoms with Crippen LogP contribution in [0.4, 0.5) is 5.95 Å². The van der Waals surface area contributed by atoms with E-state index in [1.807, 2.05) is 30.3 Å². The third kappa shape index (κ3) is 3.37. The molecule has 1 aliphatic rings. The molecule has 0 spiro atoms. The zero-order valence-corrected chi connectivity index (χ0v) is 15.0. The SMILES string of the molecule is N#Cc1ccc(Cn2c(N3CCC[C@](N)(CO)C3)nc3ccccc32)nc1. The molecule has 0 radical (unpaired) electrons. The van der Waals surface area contributed by atoms with Gasteiger partial charge in [-0.1, -0.05) is 12.1 Å². The quantitative estimate of drug-likeness (QED) is 0.731. The van der Waals surface area contributed by atoms with E-state index in [4.69, 9.17) is 16.0 Å². The highest BCUT2D eigenvalue weighted by Gasteiger charge is 2.33. The van der Waals surface area contributed by atoms with Gasteiger partial charge in [-0.25, -0.2) is 4.98 Å². The van der Waals surface area contributed by atoms with E-state index in [9.17, 15) is 5.11 Å². The van der Waals surface area contributed by atoms with Crippen molar-refractivity contribution in [1.29, 1.82) is 5.26 Å². The van der Waals surface area contributed by atoms with Crippen molar-refractivity contribution in [1.82, 2.24) is 14.5 Å². The molecule has 2 aromatic heterocycles. The van der Waals surface area contributed by atoms with Crippen molar-refractivity contribution in [3.05, 3.63) is 53.9 Å². The molecule has 0 unspecified atom stereocenters. The molecule has 1 atom stereocenters. The number of hydrogen-bond acceptors (Lipinski definition) is 6. The van der Waals surface area contributed by atoms with E-state index >= 15 is 0 Å². The van der Waals surface area contributed by atoms with Gasteiger partial charge in [-0.15, -0.1) is 0 Å². The molecule has 0 aliphatic carbocycles. The Balaban J connectivity index is 1.74. The summed E-state index contributed by atoms with van der Waals surface area (Å²) >= 11 is 0. The first-order valence-electron chi connectivity index (χ1n) is 9.07. The Morgan fingerprint density at radius 1 is 1.26 bits per heavy atom. The summed E-state index contributed by atoms with van der Waals surface area (Å²) in [6, 6.07) is 13.7. The number of hydrogen-bond donors (Lipinski definition) is 2. The number of pyridine rings is 1. The fourth-order valence-corrected chi connectivity index (χ4v) is 3.67. The molecule has 4 rings (SSSR count). The van der Waals surface area contributed by atoms with Crippen LogP contribution in [0.15, 0.2) is 42.6 Å². The second kappa shape index (κ2) is 6.99. The van der Waals surface area contributed by atoms with Crippen molar-refractivity contribution >= 4 is 17.0 Å². The lowest BCUT2D eigenvalue weighted by atomic mass is 9.91. The number of benzene rings is 1. The van der Waals surface area contributed by atoms with E-state index in [1.54, 1.807) is 12.3 Å². The minimum Gasteiger partial charge on any atom is -0.394 e. The predicted octanol–water partition coefficient (Wildman–Crippen LogP) is 1.64. The summed E-state index contributed by atoms with van der Waals surface area (Å²) in [7, 11) is 0. The summed E-state index contributed by atoms with van der Waals surface area (Å²) in [6.07, 6.45) is 3.30. The first kappa shape index (κ1) is 17.5. The Labute approximate surface area is 157 Å². The zero-order valence-electron chi connectivity index (χ0n) is 15.0. The number of aliphatic hydroxyl groups excluding tert-OH is 1. The van der Waals surface area contributed by atoms with Gasteiger partial charge in [0, 0.05) is 19.3 Å². The van der Waals surface area contributed by atoms with Gasteiger partial charge in [0.15, 0.2) is 0 Å². The van der Waals surface area contributed by atoms with E-state index in [2.05, 4.69) is 20.5 Å². The highest BCUT2D eigenvalue weighted by molar-refractivity contribution is 5.79. The number of rotatable bonds is 4. The van der Waals surface area contributed by atoms with Crippen molar-refractivity contribution in [2.24, 2.45) is 5.73 Å². The minimum absolute atomic E-state index is 0.0408. The minimum atomic E-state index is -0.603. The topological polar surface area (TPSA) is 104 Å². The van der Waals surface area contributed by atoms with E-state index in [1.165, 1.54) is 0 Å². The monoisotopic (exact) mass is 362 g/mol. The van der Waals surface area contributed by atoms with Crippen LogP contribution in [0.2, 0.25) is 0 Å². The van der Waals surface area contributed by atoms with Crippen molar-refractivity contribution in [2.75, 3.05) is 24.6 Å². The lowest BCUT2D eigenvalue weighted by molar-refractivity contribution is 0.176. The largest absolute Gasteiger partial charge is 0.394 e. The van der Waals surface area contributed by atoms with Gasteiger partial charge in [-0.3, -0.25) is 4.98 Å². The summed E-state index contributed by atoms with van der Waals surface area (Å²) in [6.45, 7) is 1.92. The highest BCUT2D eigenvalue weighted by atomic mass is 16.3. The molecule has 1 aliphatic heterocycles. The molecule has 3 aromatic rings. The normalized spacial score (nSPS) is 20.0. The maximum atomic E-state index is 9.69. The van der Waals surface area contributed by atoms with Gasteiger partial charge < -0.3 is 20.3 Å². The number of aliphatic hydroxyl groups is 1. The fraction of sp³-hybridized carbons (Fsp3) is 0.350. The van der Waals surface area contributed by atoms with E-state index in [-0.39, 0.29) is 6.61 Å². The van der Waals surface area contributed by atoms with Crippen molar-refractivity contribution in [3.63, 3.8) is 0 Å². The van der Waals surface area contributed by atoms with Crippen LogP contribution in [0.25, 0.3) is 11.0 Å². The van der Waals surface area contributed by atoms with Gasteiger partial charge in [-0.05, 0) is 37.1 Å². The van der Waals surface area contributed by atoms with Crippen LogP contribution in [0.1, 0.15) is 24.1 Å². The van der Waals surface area contributed by atoms with Crippen molar-refractivity contribution in [2.45, 2.75) is 24.9 Å². The summed E-state index contributed by atoms with van der Waals surface area (Å²) in [5.74, 6) is 0.838. The second-order valence-corrected chi connectivity index (χ2v) is 7.18. The Bertz CT molecular complexity index is 990.